The molecule has 1 amide bonds. The van der Waals surface area contributed by atoms with Gasteiger partial charge in [0.15, 0.2) is 0 Å². The highest BCUT2D eigenvalue weighted by Crippen LogP contribution is 2.28. The van der Waals surface area contributed by atoms with E-state index in [0.29, 0.717) is 24.2 Å². The third kappa shape index (κ3) is 3.70. The van der Waals surface area contributed by atoms with Gasteiger partial charge in [-0.3, -0.25) is 9.78 Å². The second-order valence-electron chi connectivity index (χ2n) is 7.16. The van der Waals surface area contributed by atoms with E-state index in [1.807, 2.05) is 18.2 Å². The number of piperidine rings is 1. The monoisotopic (exact) mass is 340 g/mol. The highest BCUT2D eigenvalue weighted by molar-refractivity contribution is 5.79. The van der Waals surface area contributed by atoms with Crippen molar-refractivity contribution < 1.29 is 4.79 Å². The second kappa shape index (κ2) is 7.29. The molecular formula is C18H24N6O. The van der Waals surface area contributed by atoms with Gasteiger partial charge in [-0.2, -0.15) is 4.80 Å². The van der Waals surface area contributed by atoms with Crippen LogP contribution in [0.4, 0.5) is 0 Å². The van der Waals surface area contributed by atoms with Crippen molar-refractivity contribution in [1.29, 1.82) is 0 Å². The first-order valence-corrected chi connectivity index (χ1v) is 9.27. The smallest absolute Gasteiger partial charge is 0.225 e. The Balaban J connectivity index is 1.37. The Kier molecular flexibility index (Phi) is 4.72. The molecule has 3 heterocycles. The van der Waals surface area contributed by atoms with Crippen molar-refractivity contribution in [2.45, 2.75) is 45.1 Å². The molecule has 0 bridgehead atoms. The SMILES string of the molecule is O=C(C1CCCC1)N1CCC[C@@H](Cn2nnc(-c3ccccn3)n2)C1. The van der Waals surface area contributed by atoms with Gasteiger partial charge in [0.1, 0.15) is 5.69 Å². The molecular weight excluding hydrogens is 316 g/mol. The number of pyridine rings is 1. The summed E-state index contributed by atoms with van der Waals surface area (Å²) in [7, 11) is 0. The van der Waals surface area contributed by atoms with Crippen LogP contribution in [0, 0.1) is 11.8 Å². The molecule has 0 aromatic carbocycles. The third-order valence-corrected chi connectivity index (χ3v) is 5.30. The lowest BCUT2D eigenvalue weighted by molar-refractivity contribution is -0.137. The van der Waals surface area contributed by atoms with Crippen LogP contribution in [0.5, 0.6) is 0 Å². The Morgan fingerprint density at radius 1 is 1.16 bits per heavy atom. The number of nitrogens with zero attached hydrogens (tertiary/aromatic N) is 6. The minimum Gasteiger partial charge on any atom is -0.342 e. The molecule has 1 aliphatic heterocycles. The Bertz CT molecular complexity index is 709. The number of likely N-dealkylation sites (tertiary alicyclic amines) is 1. The van der Waals surface area contributed by atoms with Crippen LogP contribution >= 0.6 is 0 Å². The minimum absolute atomic E-state index is 0.263. The highest BCUT2D eigenvalue weighted by Gasteiger charge is 2.30. The molecule has 2 aromatic rings. The van der Waals surface area contributed by atoms with Crippen molar-refractivity contribution >= 4 is 5.91 Å². The topological polar surface area (TPSA) is 76.8 Å². The van der Waals surface area contributed by atoms with Gasteiger partial charge in [-0.1, -0.05) is 18.9 Å². The lowest BCUT2D eigenvalue weighted by atomic mass is 9.96. The molecule has 1 aliphatic carbocycles. The van der Waals surface area contributed by atoms with Gasteiger partial charge in [-0.05, 0) is 48.9 Å². The van der Waals surface area contributed by atoms with Crippen molar-refractivity contribution in [2.75, 3.05) is 13.1 Å². The molecule has 0 N–H and O–H groups in total. The van der Waals surface area contributed by atoms with Gasteiger partial charge >= 0.3 is 0 Å². The van der Waals surface area contributed by atoms with Gasteiger partial charge in [0, 0.05) is 25.2 Å². The maximum Gasteiger partial charge on any atom is 0.225 e. The number of tetrazole rings is 1. The second-order valence-corrected chi connectivity index (χ2v) is 7.16. The van der Waals surface area contributed by atoms with Crippen molar-refractivity contribution in [3.8, 4) is 11.5 Å². The van der Waals surface area contributed by atoms with Crippen molar-refractivity contribution in [3.05, 3.63) is 24.4 Å². The average Bonchev–Trinajstić information content (AvgIpc) is 3.34. The van der Waals surface area contributed by atoms with E-state index < -0.39 is 0 Å². The molecule has 7 heteroatoms. The van der Waals surface area contributed by atoms with E-state index in [0.717, 1.165) is 44.5 Å². The van der Waals surface area contributed by atoms with Gasteiger partial charge in [0.25, 0.3) is 0 Å². The number of carbonyl (C=O) groups excluding carboxylic acids is 1. The van der Waals surface area contributed by atoms with E-state index in [-0.39, 0.29) is 5.92 Å². The molecule has 0 radical (unpaired) electrons. The van der Waals surface area contributed by atoms with Crippen LogP contribution < -0.4 is 0 Å². The molecule has 25 heavy (non-hydrogen) atoms. The molecule has 2 fully saturated rings. The van der Waals surface area contributed by atoms with Gasteiger partial charge < -0.3 is 4.90 Å². The Morgan fingerprint density at radius 2 is 2.04 bits per heavy atom. The fourth-order valence-electron chi connectivity index (χ4n) is 3.99. The number of amides is 1. The standard InChI is InChI=1S/C18H24N6O/c25-18(15-7-1-2-8-15)23-11-5-6-14(12-23)13-24-21-17(20-22-24)16-9-3-4-10-19-16/h3-4,9-10,14-15H,1-2,5-8,11-13H2/t14-/m1/s1. The van der Waals surface area contributed by atoms with E-state index in [1.54, 1.807) is 11.0 Å². The molecule has 4 rings (SSSR count). The van der Waals surface area contributed by atoms with Crippen LogP contribution in [0.15, 0.2) is 24.4 Å². The molecule has 0 unspecified atom stereocenters. The summed E-state index contributed by atoms with van der Waals surface area (Å²) in [6, 6.07) is 5.66. The van der Waals surface area contributed by atoms with Crippen molar-refractivity contribution in [1.82, 2.24) is 30.1 Å². The van der Waals surface area contributed by atoms with Gasteiger partial charge in [-0.25, -0.2) is 0 Å². The summed E-state index contributed by atoms with van der Waals surface area (Å²) < 4.78 is 0. The van der Waals surface area contributed by atoms with Crippen LogP contribution in [0.25, 0.3) is 11.5 Å². The predicted molar refractivity (Wildman–Crippen MR) is 92.3 cm³/mol. The fourth-order valence-corrected chi connectivity index (χ4v) is 3.99. The largest absolute Gasteiger partial charge is 0.342 e. The first kappa shape index (κ1) is 16.2. The molecule has 1 saturated heterocycles. The lowest BCUT2D eigenvalue weighted by Crippen LogP contribution is -2.43. The van der Waals surface area contributed by atoms with Crippen LogP contribution in [-0.4, -0.2) is 49.1 Å². The van der Waals surface area contributed by atoms with Crippen molar-refractivity contribution in [3.63, 3.8) is 0 Å². The first-order chi connectivity index (χ1) is 12.3. The van der Waals surface area contributed by atoms with E-state index >= 15 is 0 Å². The van der Waals surface area contributed by atoms with E-state index in [1.165, 1.54) is 12.8 Å². The van der Waals surface area contributed by atoms with Crippen LogP contribution in [0.2, 0.25) is 0 Å². The van der Waals surface area contributed by atoms with E-state index in [4.69, 9.17) is 0 Å². The van der Waals surface area contributed by atoms with Crippen LogP contribution in [0.3, 0.4) is 0 Å². The average molecular weight is 340 g/mol. The zero-order valence-electron chi connectivity index (χ0n) is 14.4. The lowest BCUT2D eigenvalue weighted by Gasteiger charge is -2.34. The summed E-state index contributed by atoms with van der Waals surface area (Å²) in [5, 5.41) is 12.7. The summed E-state index contributed by atoms with van der Waals surface area (Å²) >= 11 is 0. The molecule has 1 saturated carbocycles. The number of aromatic nitrogens is 5. The molecule has 0 spiro atoms. The summed E-state index contributed by atoms with van der Waals surface area (Å²) in [6.45, 7) is 2.42. The zero-order valence-corrected chi connectivity index (χ0v) is 14.4. The molecule has 2 aliphatic rings. The number of hydrogen-bond acceptors (Lipinski definition) is 5. The molecule has 2 aromatic heterocycles. The quantitative estimate of drug-likeness (QED) is 0.852. The first-order valence-electron chi connectivity index (χ1n) is 9.27. The Labute approximate surface area is 147 Å². The Morgan fingerprint density at radius 3 is 2.84 bits per heavy atom. The summed E-state index contributed by atoms with van der Waals surface area (Å²) in [5.74, 6) is 1.57. The number of carbonyl (C=O) groups is 1. The third-order valence-electron chi connectivity index (χ3n) is 5.30. The van der Waals surface area contributed by atoms with Gasteiger partial charge in [-0.15, -0.1) is 10.2 Å². The summed E-state index contributed by atoms with van der Waals surface area (Å²) in [6.07, 6.45) is 8.43. The van der Waals surface area contributed by atoms with Crippen molar-refractivity contribution in [2.24, 2.45) is 11.8 Å². The van der Waals surface area contributed by atoms with Gasteiger partial charge in [0.05, 0.1) is 6.54 Å². The summed E-state index contributed by atoms with van der Waals surface area (Å²) in [5.41, 5.74) is 0.732. The summed E-state index contributed by atoms with van der Waals surface area (Å²) in [4.78, 5) is 20.6. The highest BCUT2D eigenvalue weighted by atomic mass is 16.2. The predicted octanol–water partition coefficient (Wildman–Crippen LogP) is 2.16. The van der Waals surface area contributed by atoms with Crippen LogP contribution in [0.1, 0.15) is 38.5 Å². The zero-order chi connectivity index (χ0) is 17.1. The maximum absolute atomic E-state index is 12.7. The Hall–Kier alpha value is -2.31. The van der Waals surface area contributed by atoms with E-state index in [9.17, 15) is 4.79 Å². The minimum atomic E-state index is 0.263. The number of hydrogen-bond donors (Lipinski definition) is 0. The molecule has 7 nitrogen and oxygen atoms in total. The molecule has 1 atom stereocenters. The maximum atomic E-state index is 12.7. The van der Waals surface area contributed by atoms with Gasteiger partial charge in [0.2, 0.25) is 11.7 Å². The normalized spacial score (nSPS) is 21.6. The van der Waals surface area contributed by atoms with Crippen LogP contribution in [-0.2, 0) is 11.3 Å². The molecule has 132 valence electrons. The number of rotatable bonds is 4. The van der Waals surface area contributed by atoms with E-state index in [2.05, 4.69) is 25.3 Å². The fraction of sp³-hybridized carbons (Fsp3) is 0.611.